The second kappa shape index (κ2) is 11.7. The molecule has 0 aliphatic carbocycles. The van der Waals surface area contributed by atoms with Gasteiger partial charge in [0.1, 0.15) is 6.10 Å². The van der Waals surface area contributed by atoms with E-state index in [0.29, 0.717) is 34.4 Å². The lowest BCUT2D eigenvalue weighted by Crippen LogP contribution is -2.36. The fraction of sp³-hybridized carbons (Fsp3) is 0.304. The summed E-state index contributed by atoms with van der Waals surface area (Å²) in [7, 11) is 3.28. The van der Waals surface area contributed by atoms with Gasteiger partial charge in [-0.2, -0.15) is 0 Å². The molecule has 0 fully saturated rings. The quantitative estimate of drug-likeness (QED) is 0.239. The molecule has 32 heavy (non-hydrogen) atoms. The van der Waals surface area contributed by atoms with Gasteiger partial charge in [-0.1, -0.05) is 24.3 Å². The van der Waals surface area contributed by atoms with Crippen LogP contribution in [0.15, 0.2) is 42.5 Å². The van der Waals surface area contributed by atoms with Crippen LogP contribution in [0, 0.1) is 12.3 Å². The number of carbonyl (C=O) groups excluding carboxylic acids is 3. The maximum atomic E-state index is 12.8. The number of carbonyl (C=O) groups is 3. The summed E-state index contributed by atoms with van der Waals surface area (Å²) in [6.45, 7) is 1.97. The first-order valence-electron chi connectivity index (χ1n) is 9.99. The number of nitrogens with one attached hydrogen (secondary N) is 3. The number of rotatable bonds is 11. The van der Waals surface area contributed by atoms with E-state index in [0.717, 1.165) is 0 Å². The molecule has 3 amide bonds. The molecule has 2 rings (SSSR count). The minimum atomic E-state index is -1.59. The summed E-state index contributed by atoms with van der Waals surface area (Å²) in [5, 5.41) is 23.2. The van der Waals surface area contributed by atoms with Crippen LogP contribution in [0.3, 0.4) is 0 Å². The monoisotopic (exact) mass is 440 g/mol. The largest absolute Gasteiger partial charge is 0.380 e. The average molecular weight is 441 g/mol. The van der Waals surface area contributed by atoms with Gasteiger partial charge in [0.15, 0.2) is 6.10 Å². The Labute approximate surface area is 186 Å². The van der Waals surface area contributed by atoms with Crippen molar-refractivity contribution in [1.82, 2.24) is 10.2 Å². The molecule has 0 aliphatic rings. The second-order valence-electron chi connectivity index (χ2n) is 7.28. The number of ether oxygens (including phenoxy) is 1. The Morgan fingerprint density at radius 2 is 1.88 bits per heavy atom. The molecule has 0 heterocycles. The average Bonchev–Trinajstić information content (AvgIpc) is 2.79. The van der Waals surface area contributed by atoms with Gasteiger partial charge in [0.25, 0.3) is 11.8 Å². The molecule has 9 nitrogen and oxygen atoms in total. The normalized spacial score (nSPS) is 12.4. The van der Waals surface area contributed by atoms with E-state index in [1.165, 1.54) is 11.1 Å². The summed E-state index contributed by atoms with van der Waals surface area (Å²) in [6.07, 6.45) is -0.944. The number of aliphatic hydroxyl groups is 1. The van der Waals surface area contributed by atoms with E-state index in [2.05, 4.69) is 10.6 Å². The number of amides is 3. The van der Waals surface area contributed by atoms with Crippen LogP contribution in [-0.2, 0) is 14.3 Å². The van der Waals surface area contributed by atoms with E-state index in [9.17, 15) is 19.5 Å². The van der Waals surface area contributed by atoms with Crippen LogP contribution in [-0.4, -0.2) is 67.8 Å². The number of anilines is 1. The van der Waals surface area contributed by atoms with Gasteiger partial charge >= 0.3 is 0 Å². The molecule has 9 heteroatoms. The van der Waals surface area contributed by atoms with Crippen molar-refractivity contribution in [3.05, 3.63) is 64.7 Å². The number of nitrogens with zero attached hydrogens (tertiary/aromatic N) is 1. The smallest absolute Gasteiger partial charge is 0.256 e. The Morgan fingerprint density at radius 3 is 2.47 bits per heavy atom. The van der Waals surface area contributed by atoms with Gasteiger partial charge in [-0.25, -0.2) is 0 Å². The SMILES string of the molecule is Cc1c(C(=O)N(C)C)cccc1C(OCCNC=O)C(O)C(=O)Nc1ccc(C=N)cc1. The Hall–Kier alpha value is -3.56. The van der Waals surface area contributed by atoms with Crippen LogP contribution in [0.5, 0.6) is 0 Å². The van der Waals surface area contributed by atoms with Crippen molar-refractivity contribution in [1.29, 1.82) is 5.41 Å². The highest BCUT2D eigenvalue weighted by Crippen LogP contribution is 2.28. The van der Waals surface area contributed by atoms with Gasteiger partial charge in [0, 0.05) is 38.1 Å². The van der Waals surface area contributed by atoms with Gasteiger partial charge in [-0.05, 0) is 41.8 Å². The van der Waals surface area contributed by atoms with Crippen molar-refractivity contribution >= 4 is 30.1 Å². The van der Waals surface area contributed by atoms with Crippen LogP contribution in [0.1, 0.15) is 33.2 Å². The third-order valence-electron chi connectivity index (χ3n) is 4.85. The maximum Gasteiger partial charge on any atom is 0.256 e. The number of aliphatic hydroxyl groups excluding tert-OH is 1. The molecule has 0 aliphatic heterocycles. The summed E-state index contributed by atoms with van der Waals surface area (Å²) in [5.41, 5.74) is 2.63. The van der Waals surface area contributed by atoms with Crippen LogP contribution < -0.4 is 10.6 Å². The van der Waals surface area contributed by atoms with Crippen LogP contribution in [0.4, 0.5) is 5.69 Å². The van der Waals surface area contributed by atoms with Crippen molar-refractivity contribution in [3.63, 3.8) is 0 Å². The fourth-order valence-electron chi connectivity index (χ4n) is 3.11. The van der Waals surface area contributed by atoms with Gasteiger partial charge in [0.05, 0.1) is 6.61 Å². The van der Waals surface area contributed by atoms with E-state index in [1.54, 1.807) is 63.5 Å². The topological polar surface area (TPSA) is 132 Å². The van der Waals surface area contributed by atoms with Gasteiger partial charge < -0.3 is 30.8 Å². The Bertz CT molecular complexity index is 959. The Balaban J connectivity index is 2.31. The molecule has 2 unspecified atom stereocenters. The molecule has 0 bridgehead atoms. The number of hydrogen-bond donors (Lipinski definition) is 4. The van der Waals surface area contributed by atoms with Crippen LogP contribution in [0.2, 0.25) is 0 Å². The van der Waals surface area contributed by atoms with Crippen molar-refractivity contribution in [2.24, 2.45) is 0 Å². The van der Waals surface area contributed by atoms with Gasteiger partial charge in [-0.3, -0.25) is 14.4 Å². The predicted octanol–water partition coefficient (Wildman–Crippen LogP) is 1.50. The molecule has 2 aromatic rings. The van der Waals surface area contributed by atoms with Gasteiger partial charge in [0.2, 0.25) is 6.41 Å². The van der Waals surface area contributed by atoms with Crippen molar-refractivity contribution in [3.8, 4) is 0 Å². The molecule has 170 valence electrons. The zero-order chi connectivity index (χ0) is 23.7. The molecular weight excluding hydrogens is 412 g/mol. The maximum absolute atomic E-state index is 12.8. The van der Waals surface area contributed by atoms with E-state index >= 15 is 0 Å². The minimum absolute atomic E-state index is 0.0487. The van der Waals surface area contributed by atoms with E-state index in [1.807, 2.05) is 0 Å². The predicted molar refractivity (Wildman–Crippen MR) is 121 cm³/mol. The van der Waals surface area contributed by atoms with Crippen molar-refractivity contribution < 1.29 is 24.2 Å². The fourth-order valence-corrected chi connectivity index (χ4v) is 3.11. The first kappa shape index (κ1) is 24.7. The van der Waals surface area contributed by atoms with E-state index in [-0.39, 0.29) is 19.1 Å². The lowest BCUT2D eigenvalue weighted by Gasteiger charge is -2.26. The van der Waals surface area contributed by atoms with Gasteiger partial charge in [-0.15, -0.1) is 0 Å². The summed E-state index contributed by atoms with van der Waals surface area (Å²) in [6, 6.07) is 11.6. The van der Waals surface area contributed by atoms with Crippen molar-refractivity contribution in [2.75, 3.05) is 32.6 Å². The first-order valence-corrected chi connectivity index (χ1v) is 9.99. The molecule has 2 aromatic carbocycles. The van der Waals surface area contributed by atoms with Crippen LogP contribution in [0.25, 0.3) is 0 Å². The molecule has 4 N–H and O–H groups in total. The first-order chi connectivity index (χ1) is 15.3. The standard InChI is InChI=1S/C23H28N4O5/c1-15-18(5-4-6-19(15)23(31)27(2)3)21(32-12-11-25-14-28)20(29)22(30)26-17-9-7-16(13-24)8-10-17/h4-10,13-14,20-21,24,29H,11-12H2,1-3H3,(H,25,28)(H,26,30). The van der Waals surface area contributed by atoms with E-state index < -0.39 is 18.1 Å². The summed E-state index contributed by atoms with van der Waals surface area (Å²) >= 11 is 0. The lowest BCUT2D eigenvalue weighted by atomic mass is 9.94. The van der Waals surface area contributed by atoms with Crippen molar-refractivity contribution in [2.45, 2.75) is 19.1 Å². The molecule has 0 saturated heterocycles. The highest BCUT2D eigenvalue weighted by atomic mass is 16.5. The number of benzene rings is 2. The Morgan fingerprint density at radius 1 is 1.19 bits per heavy atom. The summed E-state index contributed by atoms with van der Waals surface area (Å²) < 4.78 is 5.78. The zero-order valence-corrected chi connectivity index (χ0v) is 18.3. The molecule has 0 spiro atoms. The Kier molecular flexibility index (Phi) is 9.06. The molecule has 0 saturated carbocycles. The third kappa shape index (κ3) is 6.22. The van der Waals surface area contributed by atoms with E-state index in [4.69, 9.17) is 10.1 Å². The molecule has 0 aromatic heterocycles. The highest BCUT2D eigenvalue weighted by Gasteiger charge is 2.31. The second-order valence-corrected chi connectivity index (χ2v) is 7.28. The van der Waals surface area contributed by atoms with Crippen LogP contribution >= 0.6 is 0 Å². The molecule has 2 atom stereocenters. The molecule has 0 radical (unpaired) electrons. The number of hydrogen-bond acceptors (Lipinski definition) is 6. The zero-order valence-electron chi connectivity index (χ0n) is 18.3. The lowest BCUT2D eigenvalue weighted by molar-refractivity contribution is -0.133. The minimum Gasteiger partial charge on any atom is -0.380 e. The molecular formula is C23H28N4O5. The summed E-state index contributed by atoms with van der Waals surface area (Å²) in [4.78, 5) is 37.2. The summed E-state index contributed by atoms with van der Waals surface area (Å²) in [5.74, 6) is -0.902. The third-order valence-corrected chi connectivity index (χ3v) is 4.85. The highest BCUT2D eigenvalue weighted by molar-refractivity contribution is 5.96.